The average molecular weight is 374 g/mol. The molecule has 24 heavy (non-hydrogen) atoms. The molecule has 124 valence electrons. The molecule has 0 saturated carbocycles. The van der Waals surface area contributed by atoms with Crippen LogP contribution < -0.4 is 0 Å². The van der Waals surface area contributed by atoms with Crippen molar-refractivity contribution in [2.24, 2.45) is 0 Å². The van der Waals surface area contributed by atoms with Gasteiger partial charge in [0.15, 0.2) is 5.69 Å². The summed E-state index contributed by atoms with van der Waals surface area (Å²) >= 11 is 6.80. The number of carboxylic acids is 1. The number of thiazole rings is 1. The number of rotatable bonds is 3. The first kappa shape index (κ1) is 16.5. The van der Waals surface area contributed by atoms with Crippen molar-refractivity contribution < 1.29 is 23.1 Å². The van der Waals surface area contributed by atoms with Gasteiger partial charge in [-0.05, 0) is 12.1 Å². The highest BCUT2D eigenvalue weighted by atomic mass is 35.5. The first-order chi connectivity index (χ1) is 11.3. The molecule has 0 aliphatic heterocycles. The van der Waals surface area contributed by atoms with Crippen LogP contribution in [0.1, 0.15) is 16.1 Å². The van der Waals surface area contributed by atoms with Gasteiger partial charge in [-0.15, -0.1) is 11.3 Å². The number of carboxylic acid groups (broad SMARTS) is 1. The van der Waals surface area contributed by atoms with Crippen molar-refractivity contribution in [2.45, 2.75) is 6.18 Å². The van der Waals surface area contributed by atoms with Crippen LogP contribution in [0.3, 0.4) is 0 Å². The van der Waals surface area contributed by atoms with Gasteiger partial charge in [0.25, 0.3) is 0 Å². The molecule has 3 rings (SSSR count). The minimum atomic E-state index is -4.88. The Bertz CT molecular complexity index is 920. The van der Waals surface area contributed by atoms with Crippen LogP contribution >= 0.6 is 22.9 Å². The molecule has 2 aromatic heterocycles. The number of nitrogens with zero attached hydrogens (tertiary/aromatic N) is 3. The predicted molar refractivity (Wildman–Crippen MR) is 81.6 cm³/mol. The largest absolute Gasteiger partial charge is 0.478 e. The van der Waals surface area contributed by atoms with Gasteiger partial charge in [0.2, 0.25) is 5.13 Å². The molecule has 0 aliphatic carbocycles. The zero-order valence-corrected chi connectivity index (χ0v) is 13.2. The highest BCUT2D eigenvalue weighted by Gasteiger charge is 2.41. The number of aromatic nitrogens is 3. The minimum Gasteiger partial charge on any atom is -0.478 e. The summed E-state index contributed by atoms with van der Waals surface area (Å²) in [5, 5.41) is 14.4. The van der Waals surface area contributed by atoms with E-state index in [1.165, 1.54) is 0 Å². The lowest BCUT2D eigenvalue weighted by molar-refractivity contribution is -0.143. The summed E-state index contributed by atoms with van der Waals surface area (Å²) in [7, 11) is 0. The van der Waals surface area contributed by atoms with Gasteiger partial charge in [-0.1, -0.05) is 23.7 Å². The fourth-order valence-electron chi connectivity index (χ4n) is 2.06. The number of aromatic carboxylic acids is 1. The fraction of sp³-hybridized carbons (Fsp3) is 0.0714. The topological polar surface area (TPSA) is 68.0 Å². The molecular weight excluding hydrogens is 367 g/mol. The molecular formula is C14H7ClF3N3O2S. The average Bonchev–Trinajstić information content (AvgIpc) is 3.13. The normalized spacial score (nSPS) is 11.7. The number of hydrogen-bond donors (Lipinski definition) is 1. The molecule has 10 heteroatoms. The molecule has 1 N–H and O–H groups in total. The maximum absolute atomic E-state index is 13.2. The Morgan fingerprint density at radius 2 is 2.08 bits per heavy atom. The summed E-state index contributed by atoms with van der Waals surface area (Å²) < 4.78 is 40.1. The van der Waals surface area contributed by atoms with Crippen LogP contribution in [0.2, 0.25) is 5.02 Å². The third kappa shape index (κ3) is 3.00. The predicted octanol–water partition coefficient (Wildman–Crippen LogP) is 4.37. The van der Waals surface area contributed by atoms with Crippen LogP contribution in [0, 0.1) is 0 Å². The first-order valence-electron chi connectivity index (χ1n) is 6.37. The van der Waals surface area contributed by atoms with Gasteiger partial charge in [0, 0.05) is 16.0 Å². The standard InChI is InChI=1S/C14H7ClF3N3O2S/c15-8-3-1-2-7(4-8)10-6-24-13(20-10)21-11(14(16,17)18)9(5-19-21)12(22)23/h1-6H,(H,22,23). The summed E-state index contributed by atoms with van der Waals surface area (Å²) in [5.74, 6) is -1.71. The minimum absolute atomic E-state index is 0.0928. The van der Waals surface area contributed by atoms with E-state index in [1.54, 1.807) is 29.6 Å². The molecule has 0 saturated heterocycles. The van der Waals surface area contributed by atoms with Crippen molar-refractivity contribution in [1.82, 2.24) is 14.8 Å². The smallest absolute Gasteiger partial charge is 0.434 e. The van der Waals surface area contributed by atoms with E-state index in [0.717, 1.165) is 11.3 Å². The molecule has 0 fully saturated rings. The molecule has 0 amide bonds. The van der Waals surface area contributed by atoms with Crippen molar-refractivity contribution in [1.29, 1.82) is 0 Å². The van der Waals surface area contributed by atoms with E-state index in [2.05, 4.69) is 10.1 Å². The van der Waals surface area contributed by atoms with Crippen LogP contribution in [0.4, 0.5) is 13.2 Å². The van der Waals surface area contributed by atoms with E-state index >= 15 is 0 Å². The van der Waals surface area contributed by atoms with Crippen LogP contribution in [0.5, 0.6) is 0 Å². The van der Waals surface area contributed by atoms with E-state index in [0.29, 0.717) is 27.2 Å². The summed E-state index contributed by atoms with van der Waals surface area (Å²) in [5.41, 5.74) is -1.26. The Kier molecular flexibility index (Phi) is 4.06. The van der Waals surface area contributed by atoms with Crippen LogP contribution in [0.25, 0.3) is 16.4 Å². The number of alkyl halides is 3. The number of carbonyl (C=O) groups is 1. The van der Waals surface area contributed by atoms with Crippen LogP contribution in [0.15, 0.2) is 35.8 Å². The van der Waals surface area contributed by atoms with E-state index in [9.17, 15) is 18.0 Å². The lowest BCUT2D eigenvalue weighted by Crippen LogP contribution is -2.17. The van der Waals surface area contributed by atoms with Gasteiger partial charge in [0.1, 0.15) is 5.56 Å². The van der Waals surface area contributed by atoms with Gasteiger partial charge < -0.3 is 5.11 Å². The Balaban J connectivity index is 2.10. The Morgan fingerprint density at radius 3 is 2.71 bits per heavy atom. The zero-order chi connectivity index (χ0) is 17.5. The molecule has 0 atom stereocenters. The summed E-state index contributed by atoms with van der Waals surface area (Å²) in [6.45, 7) is 0. The highest BCUT2D eigenvalue weighted by molar-refractivity contribution is 7.12. The lowest BCUT2D eigenvalue weighted by atomic mass is 10.2. The summed E-state index contributed by atoms with van der Waals surface area (Å²) in [4.78, 5) is 15.1. The van der Waals surface area contributed by atoms with E-state index < -0.39 is 23.4 Å². The van der Waals surface area contributed by atoms with Crippen molar-refractivity contribution in [3.63, 3.8) is 0 Å². The van der Waals surface area contributed by atoms with Crippen LogP contribution in [-0.2, 0) is 6.18 Å². The molecule has 0 spiro atoms. The Morgan fingerprint density at radius 1 is 1.33 bits per heavy atom. The van der Waals surface area contributed by atoms with Crippen molar-refractivity contribution in [3.8, 4) is 16.4 Å². The summed E-state index contributed by atoms with van der Waals surface area (Å²) in [6, 6.07) is 6.68. The number of benzene rings is 1. The van der Waals surface area contributed by atoms with Gasteiger partial charge in [-0.3, -0.25) is 0 Å². The molecule has 3 aromatic rings. The molecule has 5 nitrogen and oxygen atoms in total. The fourth-order valence-corrected chi connectivity index (χ4v) is 3.05. The number of halogens is 4. The molecule has 2 heterocycles. The number of hydrogen-bond acceptors (Lipinski definition) is 4. The molecule has 0 bridgehead atoms. The van der Waals surface area contributed by atoms with Gasteiger partial charge in [-0.2, -0.15) is 18.3 Å². The lowest BCUT2D eigenvalue weighted by Gasteiger charge is -2.09. The van der Waals surface area contributed by atoms with E-state index in [4.69, 9.17) is 16.7 Å². The molecule has 0 aliphatic rings. The van der Waals surface area contributed by atoms with Gasteiger partial charge in [-0.25, -0.2) is 14.5 Å². The van der Waals surface area contributed by atoms with E-state index in [1.807, 2.05) is 0 Å². The van der Waals surface area contributed by atoms with Crippen molar-refractivity contribution in [2.75, 3.05) is 0 Å². The second-order valence-corrected chi connectivity index (χ2v) is 5.92. The van der Waals surface area contributed by atoms with Gasteiger partial charge in [0.05, 0.1) is 11.9 Å². The monoisotopic (exact) mass is 373 g/mol. The third-order valence-electron chi connectivity index (χ3n) is 3.06. The summed E-state index contributed by atoms with van der Waals surface area (Å²) in [6.07, 6.45) is -4.22. The molecule has 0 radical (unpaired) electrons. The molecule has 1 aromatic carbocycles. The zero-order valence-electron chi connectivity index (χ0n) is 11.6. The van der Waals surface area contributed by atoms with E-state index in [-0.39, 0.29) is 5.13 Å². The third-order valence-corrected chi connectivity index (χ3v) is 4.11. The SMILES string of the molecule is O=C(O)c1cnn(-c2nc(-c3cccc(Cl)c3)cs2)c1C(F)(F)F. The maximum Gasteiger partial charge on any atom is 0.434 e. The second kappa shape index (κ2) is 5.91. The second-order valence-electron chi connectivity index (χ2n) is 4.65. The van der Waals surface area contributed by atoms with Crippen molar-refractivity contribution >= 4 is 28.9 Å². The highest BCUT2D eigenvalue weighted by Crippen LogP contribution is 2.35. The van der Waals surface area contributed by atoms with Crippen molar-refractivity contribution in [3.05, 3.63) is 52.1 Å². The quantitative estimate of drug-likeness (QED) is 0.740. The Hall–Kier alpha value is -2.39. The first-order valence-corrected chi connectivity index (χ1v) is 7.63. The van der Waals surface area contributed by atoms with Crippen LogP contribution in [-0.4, -0.2) is 25.8 Å². The van der Waals surface area contributed by atoms with Gasteiger partial charge >= 0.3 is 12.1 Å². The Labute approximate surface area is 141 Å². The maximum atomic E-state index is 13.2. The molecule has 0 unspecified atom stereocenters.